The number of benzene rings is 2. The Labute approximate surface area is 152 Å². The Bertz CT molecular complexity index is 743. The molecule has 0 aliphatic carbocycles. The Kier molecular flexibility index (Phi) is 5.56. The first kappa shape index (κ1) is 17.7. The van der Waals surface area contributed by atoms with Crippen molar-refractivity contribution >= 4 is 28.9 Å². The summed E-state index contributed by atoms with van der Waals surface area (Å²) in [5.74, 6) is -0.458. The molecule has 1 aliphatic rings. The number of carbonyl (C=O) groups excluding carboxylic acids is 1. The zero-order valence-corrected chi connectivity index (χ0v) is 14.9. The van der Waals surface area contributed by atoms with Crippen LogP contribution in [0.4, 0.5) is 15.8 Å². The number of amides is 1. The van der Waals surface area contributed by atoms with Gasteiger partial charge in [0.2, 0.25) is 5.91 Å². The van der Waals surface area contributed by atoms with Crippen molar-refractivity contribution in [3.8, 4) is 0 Å². The van der Waals surface area contributed by atoms with Gasteiger partial charge in [0.05, 0.1) is 17.8 Å². The minimum absolute atomic E-state index is 0.149. The van der Waals surface area contributed by atoms with Gasteiger partial charge < -0.3 is 15.1 Å². The van der Waals surface area contributed by atoms with E-state index in [4.69, 9.17) is 11.6 Å². The summed E-state index contributed by atoms with van der Waals surface area (Å²) < 4.78 is 13.0. The van der Waals surface area contributed by atoms with Crippen LogP contribution in [-0.2, 0) is 11.2 Å². The monoisotopic (exact) mass is 361 g/mol. The van der Waals surface area contributed by atoms with Crippen LogP contribution >= 0.6 is 11.6 Å². The third-order valence-electron chi connectivity index (χ3n) is 4.35. The van der Waals surface area contributed by atoms with Gasteiger partial charge in [-0.2, -0.15) is 0 Å². The first-order valence-electron chi connectivity index (χ1n) is 8.28. The molecule has 0 spiro atoms. The highest BCUT2D eigenvalue weighted by Crippen LogP contribution is 2.30. The minimum atomic E-state index is -0.309. The van der Waals surface area contributed by atoms with Gasteiger partial charge >= 0.3 is 0 Å². The molecule has 6 heteroatoms. The smallest absolute Gasteiger partial charge is 0.228 e. The molecule has 0 unspecified atom stereocenters. The fourth-order valence-corrected chi connectivity index (χ4v) is 3.09. The largest absolute Gasteiger partial charge is 0.367 e. The van der Waals surface area contributed by atoms with Crippen molar-refractivity contribution in [2.75, 3.05) is 43.4 Å². The summed E-state index contributed by atoms with van der Waals surface area (Å²) in [7, 11) is 2.10. The van der Waals surface area contributed by atoms with Gasteiger partial charge in [-0.3, -0.25) is 4.79 Å². The van der Waals surface area contributed by atoms with E-state index in [1.54, 1.807) is 18.2 Å². The van der Waals surface area contributed by atoms with Gasteiger partial charge in [0, 0.05) is 31.2 Å². The maximum atomic E-state index is 13.0. The zero-order valence-electron chi connectivity index (χ0n) is 14.1. The maximum absolute atomic E-state index is 13.0. The molecule has 3 rings (SSSR count). The lowest BCUT2D eigenvalue weighted by atomic mass is 10.1. The third kappa shape index (κ3) is 4.71. The molecular weight excluding hydrogens is 341 g/mol. The summed E-state index contributed by atoms with van der Waals surface area (Å²) in [5, 5.41) is 3.53. The van der Waals surface area contributed by atoms with E-state index in [9.17, 15) is 9.18 Å². The molecule has 0 atom stereocenters. The average molecular weight is 362 g/mol. The third-order valence-corrected chi connectivity index (χ3v) is 4.59. The maximum Gasteiger partial charge on any atom is 0.228 e. The summed E-state index contributed by atoms with van der Waals surface area (Å²) in [5.41, 5.74) is 2.45. The number of hydrogen-bond acceptors (Lipinski definition) is 3. The van der Waals surface area contributed by atoms with Crippen molar-refractivity contribution in [1.29, 1.82) is 0 Å². The summed E-state index contributed by atoms with van der Waals surface area (Å²) in [6.45, 7) is 3.76. The van der Waals surface area contributed by atoms with Crippen LogP contribution < -0.4 is 10.2 Å². The van der Waals surface area contributed by atoms with E-state index in [0.717, 1.165) is 37.4 Å². The molecule has 0 radical (unpaired) electrons. The minimum Gasteiger partial charge on any atom is -0.367 e. The number of carbonyl (C=O) groups is 1. The van der Waals surface area contributed by atoms with Gasteiger partial charge in [-0.25, -0.2) is 4.39 Å². The van der Waals surface area contributed by atoms with Crippen LogP contribution in [0.25, 0.3) is 0 Å². The molecule has 2 aromatic carbocycles. The average Bonchev–Trinajstić information content (AvgIpc) is 2.58. The summed E-state index contributed by atoms with van der Waals surface area (Å²) >= 11 is 6.12. The van der Waals surface area contributed by atoms with Crippen molar-refractivity contribution < 1.29 is 9.18 Å². The van der Waals surface area contributed by atoms with E-state index in [1.165, 1.54) is 12.1 Å². The van der Waals surface area contributed by atoms with Crippen molar-refractivity contribution in [1.82, 2.24) is 4.90 Å². The molecule has 0 aromatic heterocycles. The van der Waals surface area contributed by atoms with Crippen LogP contribution in [0.15, 0.2) is 42.5 Å². The van der Waals surface area contributed by atoms with Crippen LogP contribution in [0.1, 0.15) is 5.56 Å². The molecule has 0 bridgehead atoms. The molecule has 1 aliphatic heterocycles. The van der Waals surface area contributed by atoms with Crippen LogP contribution in [0.2, 0.25) is 5.02 Å². The Morgan fingerprint density at radius 2 is 1.80 bits per heavy atom. The van der Waals surface area contributed by atoms with Gasteiger partial charge in [-0.05, 0) is 42.9 Å². The molecule has 0 saturated carbocycles. The fraction of sp³-hybridized carbons (Fsp3) is 0.316. The number of anilines is 2. The van der Waals surface area contributed by atoms with Crippen LogP contribution in [-0.4, -0.2) is 44.0 Å². The lowest BCUT2D eigenvalue weighted by Gasteiger charge is -2.35. The number of halogens is 2. The molecule has 1 heterocycles. The predicted octanol–water partition coefficient (Wildman–Crippen LogP) is 3.41. The number of rotatable bonds is 4. The van der Waals surface area contributed by atoms with Gasteiger partial charge in [-0.15, -0.1) is 0 Å². The van der Waals surface area contributed by atoms with E-state index >= 15 is 0 Å². The highest BCUT2D eigenvalue weighted by molar-refractivity contribution is 6.31. The second kappa shape index (κ2) is 7.85. The predicted molar refractivity (Wildman–Crippen MR) is 99.9 cm³/mol. The van der Waals surface area contributed by atoms with Gasteiger partial charge in [-0.1, -0.05) is 23.7 Å². The highest BCUT2D eigenvalue weighted by atomic mass is 35.5. The number of likely N-dealkylation sites (N-methyl/N-ethyl adjacent to an activating group) is 1. The van der Waals surface area contributed by atoms with E-state index < -0.39 is 0 Å². The van der Waals surface area contributed by atoms with Crippen molar-refractivity contribution in [2.24, 2.45) is 0 Å². The summed E-state index contributed by atoms with van der Waals surface area (Å²) in [6.07, 6.45) is 0.189. The van der Waals surface area contributed by atoms with E-state index in [2.05, 4.69) is 22.2 Å². The molecule has 1 N–H and O–H groups in total. The Hall–Kier alpha value is -2.11. The Morgan fingerprint density at radius 3 is 2.48 bits per heavy atom. The quantitative estimate of drug-likeness (QED) is 0.906. The Balaban J connectivity index is 1.73. The fourth-order valence-electron chi connectivity index (χ4n) is 2.91. The second-order valence-corrected chi connectivity index (χ2v) is 6.74. The van der Waals surface area contributed by atoms with Crippen molar-refractivity contribution in [2.45, 2.75) is 6.42 Å². The van der Waals surface area contributed by atoms with E-state index in [-0.39, 0.29) is 18.1 Å². The summed E-state index contributed by atoms with van der Waals surface area (Å²) in [4.78, 5) is 16.9. The molecule has 1 saturated heterocycles. The summed E-state index contributed by atoms with van der Waals surface area (Å²) in [6, 6.07) is 11.5. The molecule has 2 aromatic rings. The van der Waals surface area contributed by atoms with Crippen molar-refractivity contribution in [3.63, 3.8) is 0 Å². The molecule has 1 amide bonds. The van der Waals surface area contributed by atoms with E-state index in [0.29, 0.717) is 10.7 Å². The molecule has 132 valence electrons. The Morgan fingerprint density at radius 1 is 1.12 bits per heavy atom. The topological polar surface area (TPSA) is 35.6 Å². The lowest BCUT2D eigenvalue weighted by molar-refractivity contribution is -0.115. The first-order chi connectivity index (χ1) is 12.0. The van der Waals surface area contributed by atoms with Crippen molar-refractivity contribution in [3.05, 3.63) is 58.9 Å². The van der Waals surface area contributed by atoms with E-state index in [1.807, 2.05) is 12.1 Å². The molecule has 25 heavy (non-hydrogen) atoms. The second-order valence-electron chi connectivity index (χ2n) is 6.30. The normalized spacial score (nSPS) is 15.2. The molecule has 1 fully saturated rings. The SMILES string of the molecule is CN1CCN(c2ccc(Cl)cc2NC(=O)Cc2ccc(F)cc2)CC1. The molecular formula is C19H21ClFN3O. The highest BCUT2D eigenvalue weighted by Gasteiger charge is 2.18. The van der Waals surface area contributed by atoms with Crippen LogP contribution in [0.3, 0.4) is 0 Å². The van der Waals surface area contributed by atoms with Crippen LogP contribution in [0.5, 0.6) is 0 Å². The van der Waals surface area contributed by atoms with Crippen LogP contribution in [0, 0.1) is 5.82 Å². The zero-order chi connectivity index (χ0) is 17.8. The number of nitrogens with zero attached hydrogens (tertiary/aromatic N) is 2. The van der Waals surface area contributed by atoms with Gasteiger partial charge in [0.25, 0.3) is 0 Å². The number of hydrogen-bond donors (Lipinski definition) is 1. The van der Waals surface area contributed by atoms with Gasteiger partial charge in [0.1, 0.15) is 5.82 Å². The number of piperazine rings is 1. The lowest BCUT2D eigenvalue weighted by Crippen LogP contribution is -2.44. The van der Waals surface area contributed by atoms with Gasteiger partial charge in [0.15, 0.2) is 0 Å². The standard InChI is InChI=1S/C19H21ClFN3O/c1-23-8-10-24(11-9-23)18-7-4-15(20)13-17(18)22-19(25)12-14-2-5-16(21)6-3-14/h2-7,13H,8-12H2,1H3,(H,22,25). The number of nitrogens with one attached hydrogen (secondary N) is 1. The first-order valence-corrected chi connectivity index (χ1v) is 8.66. The molecule has 4 nitrogen and oxygen atoms in total.